The molecule has 21 heavy (non-hydrogen) atoms. The molecular weight excluding hydrogens is 266 g/mol. The second-order valence-electron chi connectivity index (χ2n) is 4.61. The average Bonchev–Trinajstić information content (AvgIpc) is 3.20. The van der Waals surface area contributed by atoms with Crippen molar-refractivity contribution in [2.45, 2.75) is 13.3 Å². The van der Waals surface area contributed by atoms with E-state index in [-0.39, 0.29) is 0 Å². The van der Waals surface area contributed by atoms with Crippen LogP contribution in [-0.2, 0) is 13.3 Å². The van der Waals surface area contributed by atoms with Crippen LogP contribution in [0.5, 0.6) is 5.75 Å². The van der Waals surface area contributed by atoms with Crippen LogP contribution in [0.3, 0.4) is 0 Å². The minimum absolute atomic E-state index is 0.652. The third-order valence-corrected chi connectivity index (χ3v) is 3.19. The van der Waals surface area contributed by atoms with Crippen LogP contribution >= 0.6 is 0 Å². The summed E-state index contributed by atoms with van der Waals surface area (Å²) >= 11 is 0. The predicted octanol–water partition coefficient (Wildman–Crippen LogP) is 2.21. The van der Waals surface area contributed by atoms with Crippen LogP contribution in [0.1, 0.15) is 0 Å². The van der Waals surface area contributed by atoms with Crippen LogP contribution in [-0.4, -0.2) is 26.7 Å². The molecule has 3 aromatic rings. The van der Waals surface area contributed by atoms with Crippen molar-refractivity contribution in [2.75, 3.05) is 12.0 Å². The summed E-state index contributed by atoms with van der Waals surface area (Å²) in [5, 5.41) is 8.53. The maximum Gasteiger partial charge on any atom is 0.119 e. The number of aromatic nitrogens is 4. The highest BCUT2D eigenvalue weighted by Crippen LogP contribution is 2.20. The SMILES string of the molecule is COc1ccc(N(Cn2cccn2)Cn2cccn2)cc1. The molecule has 0 aliphatic heterocycles. The van der Waals surface area contributed by atoms with E-state index in [1.807, 2.05) is 58.2 Å². The van der Waals surface area contributed by atoms with Gasteiger partial charge in [0.25, 0.3) is 0 Å². The highest BCUT2D eigenvalue weighted by Gasteiger charge is 2.08. The van der Waals surface area contributed by atoms with Gasteiger partial charge in [-0.25, -0.2) is 0 Å². The zero-order valence-corrected chi connectivity index (χ0v) is 11.8. The normalized spacial score (nSPS) is 10.5. The number of benzene rings is 1. The number of hydrogen-bond donors (Lipinski definition) is 0. The summed E-state index contributed by atoms with van der Waals surface area (Å²) in [5.74, 6) is 0.844. The highest BCUT2D eigenvalue weighted by atomic mass is 16.5. The van der Waals surface area contributed by atoms with Gasteiger partial charge in [-0.1, -0.05) is 0 Å². The van der Waals surface area contributed by atoms with Crippen LogP contribution in [0.2, 0.25) is 0 Å². The van der Waals surface area contributed by atoms with E-state index in [9.17, 15) is 0 Å². The number of rotatable bonds is 6. The Morgan fingerprint density at radius 3 is 1.95 bits per heavy atom. The molecule has 0 saturated heterocycles. The zero-order chi connectivity index (χ0) is 14.5. The van der Waals surface area contributed by atoms with E-state index in [1.165, 1.54) is 0 Å². The van der Waals surface area contributed by atoms with Crippen molar-refractivity contribution in [3.05, 3.63) is 61.2 Å². The molecule has 0 fully saturated rings. The Hall–Kier alpha value is -2.76. The molecule has 108 valence electrons. The van der Waals surface area contributed by atoms with Gasteiger partial charge >= 0.3 is 0 Å². The van der Waals surface area contributed by atoms with Gasteiger partial charge in [0.15, 0.2) is 0 Å². The number of nitrogens with zero attached hydrogens (tertiary/aromatic N) is 5. The molecule has 0 unspecified atom stereocenters. The first kappa shape index (κ1) is 13.2. The van der Waals surface area contributed by atoms with Crippen LogP contribution < -0.4 is 9.64 Å². The van der Waals surface area contributed by atoms with Crippen LogP contribution in [0, 0.1) is 0 Å². The van der Waals surface area contributed by atoms with Crippen molar-refractivity contribution in [2.24, 2.45) is 0 Å². The molecule has 0 bridgehead atoms. The van der Waals surface area contributed by atoms with Gasteiger partial charge in [-0.05, 0) is 36.4 Å². The molecule has 0 spiro atoms. The molecule has 0 N–H and O–H groups in total. The minimum atomic E-state index is 0.652. The summed E-state index contributed by atoms with van der Waals surface area (Å²) < 4.78 is 8.97. The highest BCUT2D eigenvalue weighted by molar-refractivity contribution is 5.47. The predicted molar refractivity (Wildman–Crippen MR) is 79.9 cm³/mol. The first-order valence-corrected chi connectivity index (χ1v) is 6.69. The van der Waals surface area contributed by atoms with Crippen LogP contribution in [0.25, 0.3) is 0 Å². The third-order valence-electron chi connectivity index (χ3n) is 3.19. The maximum absolute atomic E-state index is 5.21. The van der Waals surface area contributed by atoms with Crippen molar-refractivity contribution in [1.82, 2.24) is 19.6 Å². The van der Waals surface area contributed by atoms with E-state index in [1.54, 1.807) is 19.5 Å². The largest absolute Gasteiger partial charge is 0.497 e. The Bertz CT molecular complexity index is 610. The molecule has 2 aromatic heterocycles. The first-order chi connectivity index (χ1) is 10.3. The second kappa shape index (κ2) is 6.13. The maximum atomic E-state index is 5.21. The minimum Gasteiger partial charge on any atom is -0.497 e. The van der Waals surface area contributed by atoms with E-state index in [4.69, 9.17) is 4.74 Å². The summed E-state index contributed by atoms with van der Waals surface area (Å²) in [4.78, 5) is 2.18. The third kappa shape index (κ3) is 3.22. The summed E-state index contributed by atoms with van der Waals surface area (Å²) in [5.41, 5.74) is 1.09. The number of hydrogen-bond acceptors (Lipinski definition) is 4. The lowest BCUT2D eigenvalue weighted by Crippen LogP contribution is -2.29. The molecule has 0 atom stereocenters. The molecule has 0 aliphatic carbocycles. The van der Waals surface area contributed by atoms with Gasteiger partial charge < -0.3 is 9.64 Å². The van der Waals surface area contributed by atoms with E-state index in [0.717, 1.165) is 11.4 Å². The molecule has 0 aliphatic rings. The monoisotopic (exact) mass is 283 g/mol. The second-order valence-corrected chi connectivity index (χ2v) is 4.61. The van der Waals surface area contributed by atoms with Crippen molar-refractivity contribution >= 4 is 5.69 Å². The number of ether oxygens (including phenoxy) is 1. The Kier molecular flexibility index (Phi) is 3.86. The van der Waals surface area contributed by atoms with E-state index in [2.05, 4.69) is 15.1 Å². The molecule has 2 heterocycles. The standard InChI is InChI=1S/C15H17N5O/c1-21-15-6-4-14(5-7-15)18(12-19-10-2-8-16-19)13-20-11-3-9-17-20/h2-11H,12-13H2,1H3. The van der Waals surface area contributed by atoms with Crippen molar-refractivity contribution in [1.29, 1.82) is 0 Å². The number of methoxy groups -OCH3 is 1. The number of anilines is 1. The average molecular weight is 283 g/mol. The van der Waals surface area contributed by atoms with Gasteiger partial charge in [-0.15, -0.1) is 0 Å². The summed E-state index contributed by atoms with van der Waals surface area (Å²) in [6, 6.07) is 11.8. The van der Waals surface area contributed by atoms with E-state index >= 15 is 0 Å². The molecule has 0 saturated carbocycles. The van der Waals surface area contributed by atoms with E-state index < -0.39 is 0 Å². The first-order valence-electron chi connectivity index (χ1n) is 6.69. The van der Waals surface area contributed by atoms with Gasteiger partial charge in [0.05, 0.1) is 7.11 Å². The topological polar surface area (TPSA) is 48.1 Å². The molecular formula is C15H17N5O. The molecule has 6 heteroatoms. The quantitative estimate of drug-likeness (QED) is 0.696. The Labute approximate surface area is 123 Å². The lowest BCUT2D eigenvalue weighted by Gasteiger charge is -2.24. The van der Waals surface area contributed by atoms with Gasteiger partial charge in [0.2, 0.25) is 0 Å². The van der Waals surface area contributed by atoms with Crippen molar-refractivity contribution < 1.29 is 4.74 Å². The molecule has 0 radical (unpaired) electrons. The fraction of sp³-hybridized carbons (Fsp3) is 0.200. The summed E-state index contributed by atoms with van der Waals surface area (Å²) in [6.45, 7) is 1.30. The Balaban J connectivity index is 1.83. The Morgan fingerprint density at radius 1 is 0.952 bits per heavy atom. The van der Waals surface area contributed by atoms with Gasteiger partial charge in [-0.2, -0.15) is 10.2 Å². The lowest BCUT2D eigenvalue weighted by atomic mass is 10.3. The fourth-order valence-corrected chi connectivity index (χ4v) is 2.12. The molecule has 3 rings (SSSR count). The summed E-state index contributed by atoms with van der Waals surface area (Å²) in [7, 11) is 1.67. The molecule has 0 amide bonds. The smallest absolute Gasteiger partial charge is 0.119 e. The molecule has 1 aromatic carbocycles. The van der Waals surface area contributed by atoms with Crippen LogP contribution in [0.4, 0.5) is 5.69 Å². The van der Waals surface area contributed by atoms with Gasteiger partial charge in [0, 0.05) is 30.5 Å². The zero-order valence-electron chi connectivity index (χ0n) is 11.8. The van der Waals surface area contributed by atoms with E-state index in [0.29, 0.717) is 13.3 Å². The Morgan fingerprint density at radius 2 is 1.52 bits per heavy atom. The fourth-order valence-electron chi connectivity index (χ4n) is 2.12. The van der Waals surface area contributed by atoms with Crippen LogP contribution in [0.15, 0.2) is 61.2 Å². The van der Waals surface area contributed by atoms with Gasteiger partial charge in [-0.3, -0.25) is 9.36 Å². The lowest BCUT2D eigenvalue weighted by molar-refractivity contribution is 0.414. The molecule has 6 nitrogen and oxygen atoms in total. The van der Waals surface area contributed by atoms with Crippen molar-refractivity contribution in [3.63, 3.8) is 0 Å². The van der Waals surface area contributed by atoms with Gasteiger partial charge in [0.1, 0.15) is 19.1 Å². The van der Waals surface area contributed by atoms with Crippen molar-refractivity contribution in [3.8, 4) is 5.75 Å². The summed E-state index contributed by atoms with van der Waals surface area (Å²) in [6.07, 6.45) is 7.44.